The number of piperazine rings is 1. The Balaban J connectivity index is 1.33. The molecule has 0 saturated carbocycles. The number of anilines is 1. The first-order chi connectivity index (χ1) is 18.7. The van der Waals surface area contributed by atoms with E-state index < -0.39 is 6.09 Å². The quantitative estimate of drug-likeness (QED) is 0.282. The molecule has 198 valence electrons. The zero-order chi connectivity index (χ0) is 27.3. The minimum atomic E-state index is -0.882. The van der Waals surface area contributed by atoms with Crippen LogP contribution in [0.15, 0.2) is 73.3 Å². The van der Waals surface area contributed by atoms with Crippen LogP contribution in [0.4, 0.5) is 10.5 Å². The average molecular weight is 541 g/mol. The van der Waals surface area contributed by atoms with E-state index in [1.807, 2.05) is 55.0 Å². The maximum atomic E-state index is 11.6. The number of carbonyl (C=O) groups is 1. The van der Waals surface area contributed by atoms with Crippen LogP contribution in [0.3, 0.4) is 0 Å². The second-order valence-corrected chi connectivity index (χ2v) is 11.4. The van der Waals surface area contributed by atoms with Crippen molar-refractivity contribution >= 4 is 39.9 Å². The molecule has 0 bridgehead atoms. The van der Waals surface area contributed by atoms with Crippen LogP contribution < -0.4 is 4.90 Å². The molecule has 1 aliphatic heterocycles. The van der Waals surface area contributed by atoms with Gasteiger partial charge in [0, 0.05) is 54.7 Å². The summed E-state index contributed by atoms with van der Waals surface area (Å²) in [6.45, 7) is 7.85. The molecule has 0 radical (unpaired) electrons. The number of rotatable bonds is 3. The molecule has 1 saturated heterocycles. The Hall–Kier alpha value is -4.17. The maximum absolute atomic E-state index is 11.6. The van der Waals surface area contributed by atoms with Gasteiger partial charge in [0.15, 0.2) is 5.65 Å². The second-order valence-electron chi connectivity index (χ2n) is 11.0. The molecule has 6 rings (SSSR count). The zero-order valence-corrected chi connectivity index (χ0v) is 22.8. The lowest BCUT2D eigenvalue weighted by Crippen LogP contribution is -2.59. The maximum Gasteiger partial charge on any atom is 0.407 e. The van der Waals surface area contributed by atoms with E-state index in [4.69, 9.17) is 16.6 Å². The first-order valence-corrected chi connectivity index (χ1v) is 13.3. The van der Waals surface area contributed by atoms with E-state index in [0.29, 0.717) is 24.7 Å². The number of carboxylic acid groups (broad SMARTS) is 1. The van der Waals surface area contributed by atoms with Gasteiger partial charge >= 0.3 is 6.09 Å². The Kier molecular flexibility index (Phi) is 6.14. The summed E-state index contributed by atoms with van der Waals surface area (Å²) >= 11 is 6.86. The number of nitrogens with zero attached hydrogens (tertiary/aromatic N) is 6. The fraction of sp³-hybridized carbons (Fsp3) is 0.267. The highest BCUT2D eigenvalue weighted by Crippen LogP contribution is 2.38. The highest BCUT2D eigenvalue weighted by atomic mass is 35.5. The third-order valence-corrected chi connectivity index (χ3v) is 7.84. The van der Waals surface area contributed by atoms with Crippen LogP contribution in [0, 0.1) is 5.41 Å². The van der Waals surface area contributed by atoms with E-state index in [1.54, 1.807) is 10.7 Å². The van der Waals surface area contributed by atoms with Crippen LogP contribution in [0.5, 0.6) is 0 Å². The molecule has 1 fully saturated rings. The lowest BCUT2D eigenvalue weighted by atomic mass is 9.83. The normalized spacial score (nSPS) is 16.3. The first kappa shape index (κ1) is 25.1. The number of hydrogen-bond acceptors (Lipinski definition) is 5. The largest absolute Gasteiger partial charge is 0.465 e. The van der Waals surface area contributed by atoms with E-state index in [0.717, 1.165) is 44.5 Å². The van der Waals surface area contributed by atoms with Crippen LogP contribution in [0.25, 0.3) is 38.8 Å². The van der Waals surface area contributed by atoms with Crippen molar-refractivity contribution in [3.05, 3.63) is 78.3 Å². The molecule has 1 atom stereocenters. The molecular weight excluding hydrogens is 512 g/mol. The van der Waals surface area contributed by atoms with Gasteiger partial charge in [-0.25, -0.2) is 14.3 Å². The smallest absolute Gasteiger partial charge is 0.407 e. The van der Waals surface area contributed by atoms with Crippen LogP contribution >= 0.6 is 11.6 Å². The van der Waals surface area contributed by atoms with Crippen molar-refractivity contribution in [1.29, 1.82) is 0 Å². The summed E-state index contributed by atoms with van der Waals surface area (Å²) in [5.41, 5.74) is 6.28. The molecule has 3 aromatic heterocycles. The minimum absolute atomic E-state index is 0.00419. The number of hydrogen-bond donors (Lipinski definition) is 1. The van der Waals surface area contributed by atoms with Crippen LogP contribution in [0.2, 0.25) is 5.02 Å². The minimum Gasteiger partial charge on any atom is -0.465 e. The molecule has 1 aliphatic rings. The van der Waals surface area contributed by atoms with Gasteiger partial charge in [0.1, 0.15) is 0 Å². The summed E-state index contributed by atoms with van der Waals surface area (Å²) in [7, 11) is 0. The molecule has 0 aliphatic carbocycles. The molecule has 4 heterocycles. The molecule has 8 nitrogen and oxygen atoms in total. The molecule has 9 heteroatoms. The van der Waals surface area contributed by atoms with Gasteiger partial charge in [0.2, 0.25) is 0 Å². The molecule has 1 N–H and O–H groups in total. The number of amides is 1. The van der Waals surface area contributed by atoms with E-state index >= 15 is 0 Å². The number of pyridine rings is 1. The molecule has 2 aromatic carbocycles. The van der Waals surface area contributed by atoms with Crippen molar-refractivity contribution in [1.82, 2.24) is 24.5 Å². The Bertz CT molecular complexity index is 1700. The standard InChI is InChI=1S/C30H29ClN6O2/c1-30(2,3)27-18-35(29(38)39)12-13-36(27)26-10-9-19(14-24(26)31)20-15-33-28-23(16-34-37(28)17-20)21-6-4-8-25-22(21)7-5-11-32-25/h4-11,14-17,27H,12-13,18H2,1-3H3,(H,38,39). The number of halogens is 1. The van der Waals surface area contributed by atoms with Gasteiger partial charge in [-0.05, 0) is 40.8 Å². The van der Waals surface area contributed by atoms with E-state index in [1.165, 1.54) is 4.90 Å². The second kappa shape index (κ2) is 9.54. The summed E-state index contributed by atoms with van der Waals surface area (Å²) in [6, 6.07) is 16.1. The van der Waals surface area contributed by atoms with Gasteiger partial charge in [-0.1, -0.05) is 56.6 Å². The van der Waals surface area contributed by atoms with Gasteiger partial charge in [0.05, 0.1) is 28.5 Å². The average Bonchev–Trinajstić information content (AvgIpc) is 3.35. The predicted molar refractivity (Wildman–Crippen MR) is 154 cm³/mol. The molecule has 0 spiro atoms. The Morgan fingerprint density at radius 2 is 1.85 bits per heavy atom. The highest BCUT2D eigenvalue weighted by molar-refractivity contribution is 6.33. The lowest BCUT2D eigenvalue weighted by Gasteiger charge is -2.48. The first-order valence-electron chi connectivity index (χ1n) is 12.9. The monoisotopic (exact) mass is 540 g/mol. The topological polar surface area (TPSA) is 86.9 Å². The Morgan fingerprint density at radius 3 is 2.62 bits per heavy atom. The Morgan fingerprint density at radius 1 is 1.00 bits per heavy atom. The van der Waals surface area contributed by atoms with Crippen molar-refractivity contribution in [2.45, 2.75) is 26.8 Å². The summed E-state index contributed by atoms with van der Waals surface area (Å²) in [6.07, 6.45) is 6.56. The fourth-order valence-electron chi connectivity index (χ4n) is 5.46. The van der Waals surface area contributed by atoms with Crippen LogP contribution in [0.1, 0.15) is 20.8 Å². The van der Waals surface area contributed by atoms with Crippen molar-refractivity contribution < 1.29 is 9.90 Å². The van der Waals surface area contributed by atoms with Crippen molar-refractivity contribution in [2.24, 2.45) is 5.41 Å². The lowest BCUT2D eigenvalue weighted by molar-refractivity contribution is 0.118. The summed E-state index contributed by atoms with van der Waals surface area (Å²) in [5, 5.41) is 15.8. The van der Waals surface area contributed by atoms with E-state index in [2.05, 4.69) is 47.9 Å². The number of benzene rings is 2. The van der Waals surface area contributed by atoms with E-state index in [9.17, 15) is 9.90 Å². The van der Waals surface area contributed by atoms with Crippen LogP contribution in [-0.2, 0) is 0 Å². The van der Waals surface area contributed by atoms with Gasteiger partial charge in [-0.2, -0.15) is 5.10 Å². The summed E-state index contributed by atoms with van der Waals surface area (Å²) in [4.78, 5) is 24.6. The third kappa shape index (κ3) is 4.55. The Labute approximate surface area is 231 Å². The van der Waals surface area contributed by atoms with Gasteiger partial charge in [-0.3, -0.25) is 4.98 Å². The SMILES string of the molecule is CC(C)(C)C1CN(C(=O)O)CCN1c1ccc(-c2cnc3c(-c4cccc5ncccc45)cnn3c2)cc1Cl. The molecule has 1 unspecified atom stereocenters. The van der Waals surface area contributed by atoms with Crippen molar-refractivity contribution in [2.75, 3.05) is 24.5 Å². The van der Waals surface area contributed by atoms with Crippen molar-refractivity contribution in [3.8, 4) is 22.3 Å². The zero-order valence-electron chi connectivity index (χ0n) is 22.0. The van der Waals surface area contributed by atoms with Gasteiger partial charge in [-0.15, -0.1) is 0 Å². The number of aromatic nitrogens is 4. The summed E-state index contributed by atoms with van der Waals surface area (Å²) in [5.74, 6) is 0. The summed E-state index contributed by atoms with van der Waals surface area (Å²) < 4.78 is 1.79. The molecular formula is C30H29ClN6O2. The highest BCUT2D eigenvalue weighted by Gasteiger charge is 2.37. The van der Waals surface area contributed by atoms with E-state index in [-0.39, 0.29) is 11.5 Å². The van der Waals surface area contributed by atoms with Crippen molar-refractivity contribution in [3.63, 3.8) is 0 Å². The predicted octanol–water partition coefficient (Wildman–Crippen LogP) is 6.48. The van der Waals surface area contributed by atoms with Gasteiger partial charge in [0.25, 0.3) is 0 Å². The molecule has 1 amide bonds. The fourth-order valence-corrected chi connectivity index (χ4v) is 5.75. The third-order valence-electron chi connectivity index (χ3n) is 7.53. The molecule has 39 heavy (non-hydrogen) atoms. The molecule has 5 aromatic rings. The number of fused-ring (bicyclic) bond motifs is 2. The van der Waals surface area contributed by atoms with Gasteiger partial charge < -0.3 is 14.9 Å². The van der Waals surface area contributed by atoms with Crippen LogP contribution in [-0.4, -0.2) is 61.4 Å².